The van der Waals surface area contributed by atoms with Crippen molar-refractivity contribution in [3.63, 3.8) is 0 Å². The van der Waals surface area contributed by atoms with Gasteiger partial charge in [0.2, 0.25) is 0 Å². The molecule has 0 aliphatic heterocycles. The Kier molecular flexibility index (Phi) is 6.05. The minimum absolute atomic E-state index is 0.0293. The van der Waals surface area contributed by atoms with Crippen LogP contribution in [0.1, 0.15) is 36.8 Å². The van der Waals surface area contributed by atoms with Crippen LogP contribution >= 0.6 is 0 Å². The number of ether oxygens (including phenoxy) is 1. The molecule has 10 heteroatoms. The van der Waals surface area contributed by atoms with Crippen LogP contribution in [0.2, 0.25) is 0 Å². The molecule has 0 spiro atoms. The number of amides is 2. The number of halogens is 3. The molecule has 0 unspecified atom stereocenters. The van der Waals surface area contributed by atoms with E-state index < -0.39 is 40.7 Å². The van der Waals surface area contributed by atoms with Crippen molar-refractivity contribution >= 4 is 17.7 Å². The average molecular weight is 412 g/mol. The number of nitrogens with zero attached hydrogens (tertiary/aromatic N) is 2. The molecule has 29 heavy (non-hydrogen) atoms. The number of imide groups is 1. The van der Waals surface area contributed by atoms with Gasteiger partial charge in [-0.3, -0.25) is 9.59 Å². The standard InChI is InChI=1S/C19H19F3N2O5/c1-18(2,3)29-17(27)23(15(25)12-8-6-5-7-9-12)13-10-11-14(19(20,21)22)24(28-4)16(13)26/h5-11H,1-4H3. The first-order valence-corrected chi connectivity index (χ1v) is 8.37. The largest absolute Gasteiger partial charge is 0.443 e. The quantitative estimate of drug-likeness (QED) is 0.771. The van der Waals surface area contributed by atoms with Gasteiger partial charge in [0.05, 0.1) is 0 Å². The van der Waals surface area contributed by atoms with Gasteiger partial charge in [0.1, 0.15) is 18.4 Å². The molecule has 2 amide bonds. The Morgan fingerprint density at radius 2 is 1.59 bits per heavy atom. The number of carbonyl (C=O) groups is 2. The normalized spacial score (nSPS) is 11.7. The average Bonchev–Trinajstić information content (AvgIpc) is 2.61. The van der Waals surface area contributed by atoms with Gasteiger partial charge in [-0.2, -0.15) is 13.2 Å². The highest BCUT2D eigenvalue weighted by Crippen LogP contribution is 2.29. The lowest BCUT2D eigenvalue weighted by Gasteiger charge is -2.26. The van der Waals surface area contributed by atoms with E-state index >= 15 is 0 Å². The number of pyridine rings is 1. The number of anilines is 1. The Hall–Kier alpha value is -3.30. The Balaban J connectivity index is 2.67. The summed E-state index contributed by atoms with van der Waals surface area (Å²) in [6, 6.07) is 8.73. The van der Waals surface area contributed by atoms with Crippen molar-refractivity contribution in [2.45, 2.75) is 32.5 Å². The molecule has 0 saturated carbocycles. The lowest BCUT2D eigenvalue weighted by Crippen LogP contribution is -2.45. The molecule has 1 aromatic carbocycles. The summed E-state index contributed by atoms with van der Waals surface area (Å²) in [6.45, 7) is 4.61. The van der Waals surface area contributed by atoms with Gasteiger partial charge in [-0.1, -0.05) is 18.2 Å². The predicted molar refractivity (Wildman–Crippen MR) is 97.7 cm³/mol. The lowest BCUT2D eigenvalue weighted by molar-refractivity contribution is -0.151. The van der Waals surface area contributed by atoms with E-state index in [1.165, 1.54) is 45.0 Å². The van der Waals surface area contributed by atoms with Gasteiger partial charge in [-0.05, 0) is 45.0 Å². The molecule has 0 aliphatic carbocycles. The van der Waals surface area contributed by atoms with Gasteiger partial charge in [0.25, 0.3) is 5.91 Å². The molecule has 0 N–H and O–H groups in total. The molecule has 7 nitrogen and oxygen atoms in total. The monoisotopic (exact) mass is 412 g/mol. The summed E-state index contributed by atoms with van der Waals surface area (Å²) in [5.74, 6) is -0.945. The van der Waals surface area contributed by atoms with Crippen LogP contribution in [0.3, 0.4) is 0 Å². The number of carbonyl (C=O) groups excluding carboxylic acids is 2. The first kappa shape index (κ1) is 22.0. The molecule has 0 aliphatic rings. The van der Waals surface area contributed by atoms with Crippen molar-refractivity contribution in [1.82, 2.24) is 4.73 Å². The second-order valence-corrected chi connectivity index (χ2v) is 6.87. The Labute approximate surface area is 164 Å². The zero-order valence-electron chi connectivity index (χ0n) is 16.1. The number of aromatic nitrogens is 1. The number of benzene rings is 1. The van der Waals surface area contributed by atoms with Crippen molar-refractivity contribution in [1.29, 1.82) is 0 Å². The van der Waals surface area contributed by atoms with E-state index in [4.69, 9.17) is 4.74 Å². The van der Waals surface area contributed by atoms with Crippen LogP contribution in [0.5, 0.6) is 0 Å². The summed E-state index contributed by atoms with van der Waals surface area (Å²) < 4.78 is 44.6. The van der Waals surface area contributed by atoms with Crippen LogP contribution in [0, 0.1) is 0 Å². The SMILES string of the molecule is COn1c(C(F)(F)F)ccc(N(C(=O)OC(C)(C)C)C(=O)c2ccccc2)c1=O. The zero-order chi connectivity index (χ0) is 22.0. The van der Waals surface area contributed by atoms with Crippen LogP contribution in [0.25, 0.3) is 0 Å². The molecule has 1 heterocycles. The maximum atomic E-state index is 13.1. The summed E-state index contributed by atoms with van der Waals surface area (Å²) in [5.41, 5.74) is -4.40. The minimum Gasteiger partial charge on any atom is -0.443 e. The Morgan fingerprint density at radius 3 is 2.07 bits per heavy atom. The summed E-state index contributed by atoms with van der Waals surface area (Å²) in [6.07, 6.45) is -6.11. The van der Waals surface area contributed by atoms with Crippen LogP contribution < -0.4 is 15.3 Å². The van der Waals surface area contributed by atoms with Crippen molar-refractivity contribution in [2.75, 3.05) is 12.0 Å². The number of rotatable bonds is 3. The van der Waals surface area contributed by atoms with Crippen molar-refractivity contribution in [2.24, 2.45) is 0 Å². The van der Waals surface area contributed by atoms with Gasteiger partial charge in [-0.25, -0.2) is 9.69 Å². The highest BCUT2D eigenvalue weighted by atomic mass is 19.4. The molecule has 0 saturated heterocycles. The van der Waals surface area contributed by atoms with Crippen molar-refractivity contribution in [3.8, 4) is 0 Å². The van der Waals surface area contributed by atoms with Crippen molar-refractivity contribution < 1.29 is 32.3 Å². The van der Waals surface area contributed by atoms with Gasteiger partial charge in [-0.15, -0.1) is 4.73 Å². The maximum Gasteiger partial charge on any atom is 0.434 e. The van der Waals surface area contributed by atoms with Gasteiger partial charge in [0.15, 0.2) is 5.69 Å². The molecule has 0 radical (unpaired) electrons. The van der Waals surface area contributed by atoms with E-state index in [0.717, 1.165) is 13.2 Å². The molecule has 0 fully saturated rings. The topological polar surface area (TPSA) is 77.8 Å². The number of hydrogen-bond acceptors (Lipinski definition) is 5. The molecular weight excluding hydrogens is 393 g/mol. The zero-order valence-corrected chi connectivity index (χ0v) is 16.1. The highest BCUT2D eigenvalue weighted by Gasteiger charge is 2.38. The molecular formula is C19H19F3N2O5. The fourth-order valence-electron chi connectivity index (χ4n) is 2.38. The fourth-order valence-corrected chi connectivity index (χ4v) is 2.38. The van der Waals surface area contributed by atoms with E-state index in [0.29, 0.717) is 11.0 Å². The van der Waals surface area contributed by atoms with Crippen LogP contribution in [-0.4, -0.2) is 29.4 Å². The molecule has 1 aromatic heterocycles. The Morgan fingerprint density at radius 1 is 1.00 bits per heavy atom. The van der Waals surface area contributed by atoms with Gasteiger partial charge in [0, 0.05) is 5.56 Å². The van der Waals surface area contributed by atoms with E-state index in [9.17, 15) is 27.6 Å². The first-order valence-electron chi connectivity index (χ1n) is 8.37. The second kappa shape index (κ2) is 7.98. The third kappa shape index (κ3) is 4.95. The summed E-state index contributed by atoms with van der Waals surface area (Å²) in [5, 5.41) is 0. The smallest absolute Gasteiger partial charge is 0.434 e. The third-order valence-electron chi connectivity index (χ3n) is 3.54. The summed E-state index contributed by atoms with van der Waals surface area (Å²) in [4.78, 5) is 43.2. The number of hydrogen-bond donors (Lipinski definition) is 0. The van der Waals surface area contributed by atoms with E-state index in [1.807, 2.05) is 0 Å². The second-order valence-electron chi connectivity index (χ2n) is 6.87. The van der Waals surface area contributed by atoms with Gasteiger partial charge >= 0.3 is 17.8 Å². The predicted octanol–water partition coefficient (Wildman–Crippen LogP) is 3.51. The highest BCUT2D eigenvalue weighted by molar-refractivity contribution is 6.19. The van der Waals surface area contributed by atoms with E-state index in [2.05, 4.69) is 4.84 Å². The van der Waals surface area contributed by atoms with Crippen LogP contribution in [0.4, 0.5) is 23.7 Å². The summed E-state index contributed by atoms with van der Waals surface area (Å²) in [7, 11) is 0.858. The Bertz CT molecular complexity index is 963. The fraction of sp³-hybridized carbons (Fsp3) is 0.316. The molecule has 2 aromatic rings. The van der Waals surface area contributed by atoms with Crippen LogP contribution in [-0.2, 0) is 10.9 Å². The summed E-state index contributed by atoms with van der Waals surface area (Å²) >= 11 is 0. The van der Waals surface area contributed by atoms with E-state index in [-0.39, 0.29) is 10.3 Å². The van der Waals surface area contributed by atoms with Gasteiger partial charge < -0.3 is 9.57 Å². The molecule has 0 bridgehead atoms. The van der Waals surface area contributed by atoms with Crippen molar-refractivity contribution in [3.05, 3.63) is 64.1 Å². The first-order chi connectivity index (χ1) is 13.4. The molecule has 0 atom stereocenters. The van der Waals surface area contributed by atoms with E-state index in [1.54, 1.807) is 6.07 Å². The van der Waals surface area contributed by atoms with Crippen LogP contribution in [0.15, 0.2) is 47.3 Å². The third-order valence-corrected chi connectivity index (χ3v) is 3.54. The number of alkyl halides is 3. The minimum atomic E-state index is -4.89. The molecule has 2 rings (SSSR count). The molecule has 156 valence electrons. The maximum absolute atomic E-state index is 13.1. The lowest BCUT2D eigenvalue weighted by atomic mass is 10.2.